The molecule has 2 bridgehead atoms. The zero-order valence-electron chi connectivity index (χ0n) is 18.0. The van der Waals surface area contributed by atoms with E-state index in [2.05, 4.69) is 27.5 Å². The zero-order chi connectivity index (χ0) is 21.3. The van der Waals surface area contributed by atoms with E-state index < -0.39 is 12.1 Å². The van der Waals surface area contributed by atoms with Gasteiger partial charge in [-0.3, -0.25) is 4.99 Å². The Morgan fingerprint density at radius 3 is 2.80 bits per heavy atom. The number of nitrogens with one attached hydrogen (secondary N) is 1. The molecular weight excluding hydrogens is 380 g/mol. The van der Waals surface area contributed by atoms with Crippen LogP contribution in [0.5, 0.6) is 0 Å². The van der Waals surface area contributed by atoms with E-state index in [4.69, 9.17) is 5.73 Å². The number of aliphatic imine (C=N–C) groups is 1. The smallest absolute Gasteiger partial charge is 0.334 e. The van der Waals surface area contributed by atoms with Crippen LogP contribution in [-0.4, -0.2) is 60.3 Å². The molecule has 5 aliphatic rings. The van der Waals surface area contributed by atoms with Crippen LogP contribution in [0.3, 0.4) is 0 Å². The van der Waals surface area contributed by atoms with Crippen molar-refractivity contribution in [1.29, 1.82) is 0 Å². The van der Waals surface area contributed by atoms with Crippen LogP contribution in [0, 0.1) is 34.5 Å². The Labute approximate surface area is 178 Å². The van der Waals surface area contributed by atoms with Crippen LogP contribution in [-0.2, 0) is 4.79 Å². The first-order valence-electron chi connectivity index (χ1n) is 11.4. The van der Waals surface area contributed by atoms with Gasteiger partial charge >= 0.3 is 5.97 Å². The van der Waals surface area contributed by atoms with Crippen LogP contribution in [0.2, 0.25) is 0 Å². The SMILES string of the molecule is CN=C(N)N1C=CC(CNC)C2(C1)C1CCC3CCCC4C(O)C(C(=O)O)=C(C1)C342. The molecule has 30 heavy (non-hydrogen) atoms. The van der Waals surface area contributed by atoms with Crippen molar-refractivity contribution in [3.63, 3.8) is 0 Å². The number of hydrogen-bond acceptors (Lipinski definition) is 4. The summed E-state index contributed by atoms with van der Waals surface area (Å²) in [6.45, 7) is 1.59. The van der Waals surface area contributed by atoms with Gasteiger partial charge in [0.2, 0.25) is 0 Å². The van der Waals surface area contributed by atoms with Crippen LogP contribution in [0.15, 0.2) is 28.4 Å². The second-order valence-corrected chi connectivity index (χ2v) is 9.98. The lowest BCUT2D eigenvalue weighted by Gasteiger charge is -2.64. The monoisotopic (exact) mass is 414 g/mol. The molecule has 7 heteroatoms. The second-order valence-electron chi connectivity index (χ2n) is 9.98. The normalized spacial score (nSPS) is 44.7. The lowest BCUT2D eigenvalue weighted by Crippen LogP contribution is -2.65. The number of allylic oxidation sites excluding steroid dienone is 1. The molecule has 164 valence electrons. The Bertz CT molecular complexity index is 851. The molecule has 5 N–H and O–H groups in total. The van der Waals surface area contributed by atoms with Crippen LogP contribution < -0.4 is 11.1 Å². The molecule has 0 saturated heterocycles. The number of rotatable bonds is 3. The van der Waals surface area contributed by atoms with Crippen LogP contribution in [0.4, 0.5) is 0 Å². The highest BCUT2D eigenvalue weighted by Gasteiger charge is 2.76. The third-order valence-electron chi connectivity index (χ3n) is 9.38. The Balaban J connectivity index is 1.77. The van der Waals surface area contributed by atoms with E-state index in [1.807, 2.05) is 7.05 Å². The lowest BCUT2D eigenvalue weighted by molar-refractivity contribution is -0.150. The standard InChI is InChI=1S/C23H34N4O3/c1-25-11-15-8-9-27(21(24)26-2)12-22(15)14-7-6-13-4-3-5-16-19(28)18(20(29)30)17(10-14)23(13,16)22/h8-9,13-16,19,25,28H,3-7,10-12H2,1-2H3,(H2,24,26)(H,29,30). The average Bonchev–Trinajstić information content (AvgIpc) is 3.04. The Morgan fingerprint density at radius 1 is 1.33 bits per heavy atom. The molecular formula is C23H34N4O3. The van der Waals surface area contributed by atoms with E-state index in [-0.39, 0.29) is 22.7 Å². The molecule has 2 spiro atoms. The van der Waals surface area contributed by atoms with Gasteiger partial charge in [0.1, 0.15) is 0 Å². The topological polar surface area (TPSA) is 111 Å². The van der Waals surface area contributed by atoms with E-state index in [0.29, 0.717) is 23.4 Å². The molecule has 0 amide bonds. The molecule has 0 aromatic rings. The molecule has 3 fully saturated rings. The van der Waals surface area contributed by atoms with Gasteiger partial charge in [-0.05, 0) is 68.4 Å². The van der Waals surface area contributed by atoms with Gasteiger partial charge in [-0.25, -0.2) is 4.79 Å². The van der Waals surface area contributed by atoms with Crippen molar-refractivity contribution in [1.82, 2.24) is 10.2 Å². The maximum absolute atomic E-state index is 12.3. The molecule has 5 rings (SSSR count). The number of aliphatic hydroxyl groups is 1. The van der Waals surface area contributed by atoms with Gasteiger partial charge in [-0.1, -0.05) is 12.5 Å². The number of carboxylic acid groups (broad SMARTS) is 1. The van der Waals surface area contributed by atoms with E-state index >= 15 is 0 Å². The van der Waals surface area contributed by atoms with E-state index in [0.717, 1.165) is 57.2 Å². The molecule has 0 aromatic heterocycles. The zero-order valence-corrected chi connectivity index (χ0v) is 18.0. The van der Waals surface area contributed by atoms with Gasteiger partial charge in [-0.2, -0.15) is 0 Å². The largest absolute Gasteiger partial charge is 0.478 e. The number of guanidine groups is 1. The summed E-state index contributed by atoms with van der Waals surface area (Å²) in [6, 6.07) is 0. The molecule has 7 atom stereocenters. The van der Waals surface area contributed by atoms with E-state index in [1.165, 1.54) is 0 Å². The highest BCUT2D eigenvalue weighted by molar-refractivity contribution is 5.91. The number of aliphatic carboxylic acids is 1. The molecule has 0 aromatic carbocycles. The summed E-state index contributed by atoms with van der Waals surface area (Å²) in [7, 11) is 3.70. The predicted octanol–water partition coefficient (Wildman–Crippen LogP) is 1.55. The quantitative estimate of drug-likeness (QED) is 0.412. The van der Waals surface area contributed by atoms with Crippen LogP contribution in [0.25, 0.3) is 0 Å². The highest BCUT2D eigenvalue weighted by Crippen LogP contribution is 2.79. The Hall–Kier alpha value is -1.86. The molecule has 7 nitrogen and oxygen atoms in total. The Kier molecular flexibility index (Phi) is 4.56. The van der Waals surface area contributed by atoms with Crippen molar-refractivity contribution in [2.24, 2.45) is 45.2 Å². The summed E-state index contributed by atoms with van der Waals surface area (Å²) in [5, 5.41) is 24.8. The minimum atomic E-state index is -0.925. The third kappa shape index (κ3) is 2.18. The van der Waals surface area contributed by atoms with Gasteiger partial charge < -0.3 is 26.2 Å². The summed E-state index contributed by atoms with van der Waals surface area (Å²) in [6.07, 6.45) is 9.63. The summed E-state index contributed by atoms with van der Waals surface area (Å²) >= 11 is 0. The maximum Gasteiger partial charge on any atom is 0.334 e. The van der Waals surface area contributed by atoms with Gasteiger partial charge in [0.05, 0.1) is 11.7 Å². The fraction of sp³-hybridized carbons (Fsp3) is 0.739. The van der Waals surface area contributed by atoms with Gasteiger partial charge in [-0.15, -0.1) is 0 Å². The van der Waals surface area contributed by atoms with E-state index in [9.17, 15) is 15.0 Å². The van der Waals surface area contributed by atoms with Gasteiger partial charge in [0.15, 0.2) is 5.96 Å². The molecule has 3 saturated carbocycles. The lowest BCUT2D eigenvalue weighted by atomic mass is 9.41. The maximum atomic E-state index is 12.3. The van der Waals surface area contributed by atoms with Crippen LogP contribution >= 0.6 is 0 Å². The van der Waals surface area contributed by atoms with Gasteiger partial charge in [0.25, 0.3) is 0 Å². The van der Waals surface area contributed by atoms with Crippen molar-refractivity contribution >= 4 is 11.9 Å². The first kappa shape index (κ1) is 20.1. The summed E-state index contributed by atoms with van der Waals surface area (Å²) < 4.78 is 0. The van der Waals surface area contributed by atoms with Crippen molar-refractivity contribution in [3.05, 3.63) is 23.4 Å². The minimum absolute atomic E-state index is 0.00449. The number of hydrogen-bond donors (Lipinski definition) is 4. The third-order valence-corrected chi connectivity index (χ3v) is 9.38. The van der Waals surface area contributed by atoms with Crippen molar-refractivity contribution in [3.8, 4) is 0 Å². The first-order valence-corrected chi connectivity index (χ1v) is 11.4. The molecule has 7 unspecified atom stereocenters. The fourth-order valence-corrected chi connectivity index (χ4v) is 8.72. The van der Waals surface area contributed by atoms with Gasteiger partial charge in [0, 0.05) is 37.2 Å². The number of carboxylic acids is 1. The molecule has 1 aliphatic heterocycles. The first-order chi connectivity index (χ1) is 14.4. The summed E-state index contributed by atoms with van der Waals surface area (Å²) in [5.74, 6) is 0.684. The molecule has 0 radical (unpaired) electrons. The second kappa shape index (κ2) is 6.82. The molecule has 1 heterocycles. The van der Waals surface area contributed by atoms with Crippen molar-refractivity contribution in [2.45, 2.75) is 44.6 Å². The Morgan fingerprint density at radius 2 is 2.10 bits per heavy atom. The number of nitrogens with zero attached hydrogens (tertiary/aromatic N) is 2. The highest BCUT2D eigenvalue weighted by atomic mass is 16.4. The minimum Gasteiger partial charge on any atom is -0.478 e. The molecule has 4 aliphatic carbocycles. The fourth-order valence-electron chi connectivity index (χ4n) is 8.72. The van der Waals surface area contributed by atoms with E-state index in [1.54, 1.807) is 7.05 Å². The summed E-state index contributed by atoms with van der Waals surface area (Å²) in [4.78, 5) is 18.6. The van der Waals surface area contributed by atoms with Crippen LogP contribution in [0.1, 0.15) is 38.5 Å². The van der Waals surface area contributed by atoms with Crippen molar-refractivity contribution < 1.29 is 15.0 Å². The number of nitrogens with two attached hydrogens (primary N) is 1. The predicted molar refractivity (Wildman–Crippen MR) is 115 cm³/mol. The average molecular weight is 415 g/mol. The van der Waals surface area contributed by atoms with Crippen molar-refractivity contribution in [2.75, 3.05) is 27.2 Å². The summed E-state index contributed by atoms with van der Waals surface area (Å²) in [5.41, 5.74) is 7.28. The number of aliphatic hydroxyl groups excluding tert-OH is 1. The number of carbonyl (C=O) groups is 1.